The van der Waals surface area contributed by atoms with Gasteiger partial charge in [0.2, 0.25) is 11.8 Å². The summed E-state index contributed by atoms with van der Waals surface area (Å²) in [5, 5.41) is 2.47. The van der Waals surface area contributed by atoms with Crippen LogP contribution in [0.1, 0.15) is 26.3 Å². The standard InChI is InChI=1S/C13H17FN2O2/c1-8(11(15)17)16-12(18)13(2,3)9-6-4-5-7-10(9)14/h4-8H,1-3H3,(H2,15,17)(H,16,18). The molecule has 4 nitrogen and oxygen atoms in total. The van der Waals surface area contributed by atoms with Gasteiger partial charge in [-0.05, 0) is 26.8 Å². The Bertz CT molecular complexity index is 472. The number of nitrogens with two attached hydrogens (primary N) is 1. The van der Waals surface area contributed by atoms with Gasteiger partial charge >= 0.3 is 0 Å². The topological polar surface area (TPSA) is 72.2 Å². The number of benzene rings is 1. The van der Waals surface area contributed by atoms with Crippen molar-refractivity contribution >= 4 is 11.8 Å². The molecule has 0 radical (unpaired) electrons. The van der Waals surface area contributed by atoms with Gasteiger partial charge in [0.1, 0.15) is 11.9 Å². The number of rotatable bonds is 4. The van der Waals surface area contributed by atoms with Crippen LogP contribution in [0, 0.1) is 5.82 Å². The zero-order chi connectivity index (χ0) is 13.9. The third-order valence-corrected chi connectivity index (χ3v) is 2.89. The van der Waals surface area contributed by atoms with Gasteiger partial charge in [-0.25, -0.2) is 4.39 Å². The smallest absolute Gasteiger partial charge is 0.239 e. The van der Waals surface area contributed by atoms with E-state index in [0.717, 1.165) is 0 Å². The summed E-state index contributed by atoms with van der Waals surface area (Å²) >= 11 is 0. The Hall–Kier alpha value is -1.91. The molecule has 0 aliphatic carbocycles. The van der Waals surface area contributed by atoms with Gasteiger partial charge in [-0.1, -0.05) is 18.2 Å². The second-order valence-corrected chi connectivity index (χ2v) is 4.70. The average Bonchev–Trinajstić information content (AvgIpc) is 2.28. The minimum atomic E-state index is -1.07. The number of primary amides is 1. The van der Waals surface area contributed by atoms with Crippen LogP contribution in [-0.2, 0) is 15.0 Å². The van der Waals surface area contributed by atoms with E-state index in [1.165, 1.54) is 13.0 Å². The maximum atomic E-state index is 13.7. The Morgan fingerprint density at radius 3 is 2.39 bits per heavy atom. The molecule has 0 spiro atoms. The van der Waals surface area contributed by atoms with E-state index < -0.39 is 29.1 Å². The van der Waals surface area contributed by atoms with Crippen molar-refractivity contribution in [3.05, 3.63) is 35.6 Å². The third-order valence-electron chi connectivity index (χ3n) is 2.89. The van der Waals surface area contributed by atoms with Gasteiger partial charge in [-0.2, -0.15) is 0 Å². The van der Waals surface area contributed by atoms with Crippen molar-refractivity contribution in [3.8, 4) is 0 Å². The summed E-state index contributed by atoms with van der Waals surface area (Å²) in [4.78, 5) is 22.9. The molecule has 0 saturated heterocycles. The highest BCUT2D eigenvalue weighted by Crippen LogP contribution is 2.25. The molecule has 0 aliphatic heterocycles. The Labute approximate surface area is 105 Å². The molecule has 1 rings (SSSR count). The molecule has 1 aromatic carbocycles. The lowest BCUT2D eigenvalue weighted by molar-refractivity contribution is -0.130. The summed E-state index contributed by atoms with van der Waals surface area (Å²) in [6, 6.07) is 5.26. The summed E-state index contributed by atoms with van der Waals surface area (Å²) in [6.07, 6.45) is 0. The summed E-state index contributed by atoms with van der Waals surface area (Å²) in [7, 11) is 0. The molecule has 1 aromatic rings. The van der Waals surface area contributed by atoms with Crippen LogP contribution in [0.2, 0.25) is 0 Å². The first-order valence-electron chi connectivity index (χ1n) is 5.62. The molecule has 98 valence electrons. The van der Waals surface area contributed by atoms with Crippen LogP contribution in [0.25, 0.3) is 0 Å². The zero-order valence-corrected chi connectivity index (χ0v) is 10.7. The minimum absolute atomic E-state index is 0.277. The molecule has 0 heterocycles. The summed E-state index contributed by atoms with van der Waals surface area (Å²) in [6.45, 7) is 4.67. The molecule has 2 amide bonds. The molecule has 18 heavy (non-hydrogen) atoms. The van der Waals surface area contributed by atoms with E-state index in [9.17, 15) is 14.0 Å². The van der Waals surface area contributed by atoms with Crippen molar-refractivity contribution in [1.29, 1.82) is 0 Å². The molecule has 5 heteroatoms. The number of hydrogen-bond acceptors (Lipinski definition) is 2. The SMILES string of the molecule is CC(NC(=O)C(C)(C)c1ccccc1F)C(N)=O. The predicted octanol–water partition coefficient (Wildman–Crippen LogP) is 1.09. The van der Waals surface area contributed by atoms with Crippen LogP contribution in [0.5, 0.6) is 0 Å². The molecular formula is C13H17FN2O2. The maximum absolute atomic E-state index is 13.7. The highest BCUT2D eigenvalue weighted by Gasteiger charge is 2.33. The van der Waals surface area contributed by atoms with Crippen molar-refractivity contribution < 1.29 is 14.0 Å². The molecule has 3 N–H and O–H groups in total. The Morgan fingerprint density at radius 1 is 1.33 bits per heavy atom. The first-order valence-corrected chi connectivity index (χ1v) is 5.62. The van der Waals surface area contributed by atoms with Gasteiger partial charge in [-0.15, -0.1) is 0 Å². The summed E-state index contributed by atoms with van der Waals surface area (Å²) in [5.41, 5.74) is 4.27. The molecular weight excluding hydrogens is 235 g/mol. The Morgan fingerprint density at radius 2 is 1.89 bits per heavy atom. The minimum Gasteiger partial charge on any atom is -0.368 e. The molecule has 0 aliphatic rings. The molecule has 0 aromatic heterocycles. The lowest BCUT2D eigenvalue weighted by Gasteiger charge is -2.26. The van der Waals surface area contributed by atoms with Crippen molar-refractivity contribution in [2.45, 2.75) is 32.2 Å². The summed E-state index contributed by atoms with van der Waals surface area (Å²) in [5.74, 6) is -1.53. The fourth-order valence-electron chi connectivity index (χ4n) is 1.54. The third kappa shape index (κ3) is 2.85. The average molecular weight is 252 g/mol. The quantitative estimate of drug-likeness (QED) is 0.842. The molecule has 0 fully saturated rings. The zero-order valence-electron chi connectivity index (χ0n) is 10.7. The van der Waals surface area contributed by atoms with Crippen molar-refractivity contribution in [1.82, 2.24) is 5.32 Å². The fraction of sp³-hybridized carbons (Fsp3) is 0.385. The fourth-order valence-corrected chi connectivity index (χ4v) is 1.54. The summed E-state index contributed by atoms with van der Waals surface area (Å²) < 4.78 is 13.7. The van der Waals surface area contributed by atoms with Gasteiger partial charge in [0.15, 0.2) is 0 Å². The lowest BCUT2D eigenvalue weighted by Crippen LogP contribution is -2.49. The van der Waals surface area contributed by atoms with E-state index in [2.05, 4.69) is 5.32 Å². The monoisotopic (exact) mass is 252 g/mol. The van der Waals surface area contributed by atoms with Crippen molar-refractivity contribution in [2.75, 3.05) is 0 Å². The second kappa shape index (κ2) is 5.16. The first kappa shape index (κ1) is 14.2. The van der Waals surface area contributed by atoms with Crippen LogP contribution < -0.4 is 11.1 Å². The Balaban J connectivity index is 2.97. The number of amides is 2. The number of carbonyl (C=O) groups is 2. The van der Waals surface area contributed by atoms with Gasteiger partial charge in [-0.3, -0.25) is 9.59 Å². The highest BCUT2D eigenvalue weighted by molar-refractivity contribution is 5.91. The number of nitrogens with one attached hydrogen (secondary N) is 1. The van der Waals surface area contributed by atoms with Crippen LogP contribution in [-0.4, -0.2) is 17.9 Å². The van der Waals surface area contributed by atoms with Gasteiger partial charge in [0, 0.05) is 5.56 Å². The first-order chi connectivity index (χ1) is 8.26. The van der Waals surface area contributed by atoms with Crippen LogP contribution in [0.4, 0.5) is 4.39 Å². The van der Waals surface area contributed by atoms with Crippen molar-refractivity contribution in [3.63, 3.8) is 0 Å². The Kier molecular flexibility index (Phi) is 4.06. The molecule has 0 bridgehead atoms. The van der Waals surface area contributed by atoms with Crippen LogP contribution in [0.3, 0.4) is 0 Å². The van der Waals surface area contributed by atoms with E-state index in [-0.39, 0.29) is 5.56 Å². The number of carbonyl (C=O) groups excluding carboxylic acids is 2. The van der Waals surface area contributed by atoms with E-state index in [1.54, 1.807) is 32.0 Å². The normalized spacial score (nSPS) is 12.9. The number of halogens is 1. The van der Waals surface area contributed by atoms with E-state index in [4.69, 9.17) is 5.73 Å². The second-order valence-electron chi connectivity index (χ2n) is 4.70. The molecule has 1 unspecified atom stereocenters. The van der Waals surface area contributed by atoms with E-state index in [1.807, 2.05) is 0 Å². The van der Waals surface area contributed by atoms with E-state index >= 15 is 0 Å². The predicted molar refractivity (Wildman–Crippen MR) is 66.2 cm³/mol. The van der Waals surface area contributed by atoms with Gasteiger partial charge in [0.05, 0.1) is 5.41 Å². The van der Waals surface area contributed by atoms with E-state index in [0.29, 0.717) is 0 Å². The van der Waals surface area contributed by atoms with Gasteiger partial charge < -0.3 is 11.1 Å². The van der Waals surface area contributed by atoms with Crippen LogP contribution in [0.15, 0.2) is 24.3 Å². The lowest BCUT2D eigenvalue weighted by atomic mass is 9.83. The number of hydrogen-bond donors (Lipinski definition) is 2. The van der Waals surface area contributed by atoms with Crippen LogP contribution >= 0.6 is 0 Å². The highest BCUT2D eigenvalue weighted by atomic mass is 19.1. The molecule has 1 atom stereocenters. The van der Waals surface area contributed by atoms with Gasteiger partial charge in [0.25, 0.3) is 0 Å². The van der Waals surface area contributed by atoms with Crippen molar-refractivity contribution in [2.24, 2.45) is 5.73 Å². The largest absolute Gasteiger partial charge is 0.368 e. The molecule has 0 saturated carbocycles. The maximum Gasteiger partial charge on any atom is 0.239 e.